The number of aromatic nitrogens is 1. The molecule has 1 saturated heterocycles. The van der Waals surface area contributed by atoms with Crippen molar-refractivity contribution in [1.82, 2.24) is 20.1 Å². The van der Waals surface area contributed by atoms with Crippen molar-refractivity contribution in [1.29, 1.82) is 0 Å². The van der Waals surface area contributed by atoms with Crippen LogP contribution >= 0.6 is 11.3 Å². The van der Waals surface area contributed by atoms with Crippen LogP contribution in [0, 0.1) is 0 Å². The van der Waals surface area contributed by atoms with Gasteiger partial charge in [0.1, 0.15) is 5.01 Å². The van der Waals surface area contributed by atoms with Gasteiger partial charge in [-0.2, -0.15) is 0 Å². The lowest BCUT2D eigenvalue weighted by molar-refractivity contribution is -0.120. The van der Waals surface area contributed by atoms with Crippen LogP contribution in [-0.4, -0.2) is 60.5 Å². The number of thiazole rings is 1. The lowest BCUT2D eigenvalue weighted by Gasteiger charge is -2.32. The molecule has 5 nitrogen and oxygen atoms in total. The van der Waals surface area contributed by atoms with Gasteiger partial charge in [-0.3, -0.25) is 9.69 Å². The zero-order valence-corrected chi connectivity index (χ0v) is 17.2. The highest BCUT2D eigenvalue weighted by atomic mass is 32.1. The molecular weight excluding hydrogens is 356 g/mol. The first-order chi connectivity index (χ1) is 13.1. The van der Waals surface area contributed by atoms with Crippen molar-refractivity contribution in [2.75, 3.05) is 39.8 Å². The second-order valence-corrected chi connectivity index (χ2v) is 8.16. The number of likely N-dealkylation sites (N-methyl/N-ethyl adjacent to an activating group) is 1. The smallest absolute Gasteiger partial charge is 0.226 e. The molecule has 1 fully saturated rings. The Morgan fingerprint density at radius 1 is 1.19 bits per heavy atom. The number of carbonyl (C=O) groups is 1. The average Bonchev–Trinajstić information content (AvgIpc) is 3.13. The van der Waals surface area contributed by atoms with Crippen LogP contribution in [0.3, 0.4) is 0 Å². The second-order valence-electron chi connectivity index (χ2n) is 7.30. The van der Waals surface area contributed by atoms with Crippen molar-refractivity contribution in [3.63, 3.8) is 0 Å². The molecule has 1 N–H and O–H groups in total. The molecular formula is C21H30N4OS. The maximum Gasteiger partial charge on any atom is 0.226 e. The van der Waals surface area contributed by atoms with Gasteiger partial charge < -0.3 is 10.2 Å². The van der Waals surface area contributed by atoms with Crippen LogP contribution in [0.2, 0.25) is 0 Å². The molecule has 1 aromatic carbocycles. The molecule has 0 unspecified atom stereocenters. The molecule has 1 aliphatic heterocycles. The van der Waals surface area contributed by atoms with E-state index in [1.165, 1.54) is 5.56 Å². The highest BCUT2D eigenvalue weighted by molar-refractivity contribution is 7.13. The Kier molecular flexibility index (Phi) is 7.38. The third-order valence-corrected chi connectivity index (χ3v) is 5.89. The van der Waals surface area contributed by atoms with Gasteiger partial charge in [0.2, 0.25) is 5.91 Å². The number of hydrogen-bond donors (Lipinski definition) is 1. The lowest BCUT2D eigenvalue weighted by Crippen LogP contribution is -2.43. The molecule has 3 rings (SSSR count). The van der Waals surface area contributed by atoms with Crippen molar-refractivity contribution in [2.45, 2.75) is 32.7 Å². The first-order valence-electron chi connectivity index (χ1n) is 9.85. The van der Waals surface area contributed by atoms with E-state index < -0.39 is 0 Å². The summed E-state index contributed by atoms with van der Waals surface area (Å²) in [6.45, 7) is 8.44. The number of nitrogens with one attached hydrogen (secondary N) is 1. The fourth-order valence-electron chi connectivity index (χ4n) is 3.17. The molecule has 146 valence electrons. The van der Waals surface area contributed by atoms with E-state index in [9.17, 15) is 4.79 Å². The summed E-state index contributed by atoms with van der Waals surface area (Å²) in [5.74, 6) is 0.0582. The van der Waals surface area contributed by atoms with E-state index in [2.05, 4.69) is 58.3 Å². The molecule has 0 spiro atoms. The summed E-state index contributed by atoms with van der Waals surface area (Å²) in [4.78, 5) is 21.5. The largest absolute Gasteiger partial charge is 0.356 e. The van der Waals surface area contributed by atoms with E-state index in [4.69, 9.17) is 0 Å². The van der Waals surface area contributed by atoms with Crippen molar-refractivity contribution in [3.05, 3.63) is 40.9 Å². The van der Waals surface area contributed by atoms with Crippen LogP contribution in [0.15, 0.2) is 29.6 Å². The maximum atomic E-state index is 11.9. The Hall–Kier alpha value is -1.76. The molecule has 0 saturated carbocycles. The minimum Gasteiger partial charge on any atom is -0.356 e. The zero-order valence-electron chi connectivity index (χ0n) is 16.4. The molecule has 1 amide bonds. The molecule has 0 bridgehead atoms. The van der Waals surface area contributed by atoms with E-state index in [1.807, 2.05) is 5.38 Å². The molecule has 1 aromatic heterocycles. The summed E-state index contributed by atoms with van der Waals surface area (Å²) in [6, 6.07) is 8.70. The third kappa shape index (κ3) is 6.13. The zero-order chi connectivity index (χ0) is 19.1. The van der Waals surface area contributed by atoms with E-state index in [0.717, 1.165) is 68.4 Å². The Morgan fingerprint density at radius 2 is 1.93 bits per heavy atom. The molecule has 27 heavy (non-hydrogen) atoms. The molecule has 0 atom stereocenters. The number of unbranched alkanes of at least 4 members (excludes halogenated alkanes) is 1. The van der Waals surface area contributed by atoms with Gasteiger partial charge in [0, 0.05) is 50.2 Å². The van der Waals surface area contributed by atoms with Crippen LogP contribution in [0.1, 0.15) is 31.0 Å². The van der Waals surface area contributed by atoms with E-state index in [-0.39, 0.29) is 5.91 Å². The minimum absolute atomic E-state index is 0.0582. The predicted molar refractivity (Wildman–Crippen MR) is 112 cm³/mol. The van der Waals surface area contributed by atoms with Gasteiger partial charge in [0.15, 0.2) is 0 Å². The quantitative estimate of drug-likeness (QED) is 0.709. The van der Waals surface area contributed by atoms with Crippen LogP contribution in [-0.2, 0) is 17.8 Å². The third-order valence-electron chi connectivity index (χ3n) is 4.95. The first-order valence-corrected chi connectivity index (χ1v) is 10.7. The minimum atomic E-state index is 0.0582. The lowest BCUT2D eigenvalue weighted by atomic mass is 10.1. The number of hydrogen-bond acceptors (Lipinski definition) is 5. The fourth-order valence-corrected chi connectivity index (χ4v) is 4.00. The molecule has 1 aliphatic rings. The Labute approximate surface area is 166 Å². The second kappa shape index (κ2) is 9.97. The summed E-state index contributed by atoms with van der Waals surface area (Å²) in [6.07, 6.45) is 2.47. The normalized spacial score (nSPS) is 15.8. The number of rotatable bonds is 8. The van der Waals surface area contributed by atoms with Gasteiger partial charge in [-0.1, -0.05) is 37.6 Å². The van der Waals surface area contributed by atoms with E-state index >= 15 is 0 Å². The number of benzene rings is 1. The maximum absolute atomic E-state index is 11.9. The fraction of sp³-hybridized carbons (Fsp3) is 0.524. The van der Waals surface area contributed by atoms with Gasteiger partial charge in [-0.15, -0.1) is 11.3 Å². The summed E-state index contributed by atoms with van der Waals surface area (Å²) < 4.78 is 0. The molecule has 2 aromatic rings. The van der Waals surface area contributed by atoms with Crippen molar-refractivity contribution in [2.24, 2.45) is 0 Å². The summed E-state index contributed by atoms with van der Waals surface area (Å²) >= 11 is 1.61. The standard InChI is InChI=1S/C21H30N4OS/c1-3-4-9-22-20(26)14-19-16-27-21(23-19)18-7-5-17(6-8-18)15-25-12-10-24(2)11-13-25/h5-8,16H,3-4,9-15H2,1-2H3,(H,22,26). The average molecular weight is 387 g/mol. The van der Waals surface area contributed by atoms with E-state index in [1.54, 1.807) is 11.3 Å². The topological polar surface area (TPSA) is 48.5 Å². The Bertz CT molecular complexity index is 720. The Morgan fingerprint density at radius 3 is 2.63 bits per heavy atom. The summed E-state index contributed by atoms with van der Waals surface area (Å²) in [7, 11) is 2.18. The molecule has 2 heterocycles. The molecule has 0 radical (unpaired) electrons. The number of piperazine rings is 1. The van der Waals surface area contributed by atoms with E-state index in [0.29, 0.717) is 6.42 Å². The first kappa shape index (κ1) is 20.0. The molecule has 0 aliphatic carbocycles. The molecule has 6 heteroatoms. The highest BCUT2D eigenvalue weighted by Gasteiger charge is 2.14. The van der Waals surface area contributed by atoms with Crippen molar-refractivity contribution in [3.8, 4) is 10.6 Å². The van der Waals surface area contributed by atoms with Crippen LogP contribution in [0.4, 0.5) is 0 Å². The van der Waals surface area contributed by atoms with Gasteiger partial charge in [-0.05, 0) is 19.0 Å². The van der Waals surface area contributed by atoms with Gasteiger partial charge in [0.05, 0.1) is 12.1 Å². The van der Waals surface area contributed by atoms with Crippen LogP contribution < -0.4 is 5.32 Å². The SMILES string of the molecule is CCCCNC(=O)Cc1csc(-c2ccc(CN3CCN(C)CC3)cc2)n1. The Balaban J connectivity index is 1.53. The number of carbonyl (C=O) groups excluding carboxylic acids is 1. The van der Waals surface area contributed by atoms with Gasteiger partial charge in [0.25, 0.3) is 0 Å². The monoisotopic (exact) mass is 386 g/mol. The van der Waals surface area contributed by atoms with Gasteiger partial charge in [-0.25, -0.2) is 4.98 Å². The highest BCUT2D eigenvalue weighted by Crippen LogP contribution is 2.24. The van der Waals surface area contributed by atoms with Crippen molar-refractivity contribution >= 4 is 17.2 Å². The van der Waals surface area contributed by atoms with Gasteiger partial charge >= 0.3 is 0 Å². The predicted octanol–water partition coefficient (Wildman–Crippen LogP) is 3.02. The summed E-state index contributed by atoms with van der Waals surface area (Å²) in [5, 5.41) is 5.92. The van der Waals surface area contributed by atoms with Crippen LogP contribution in [0.25, 0.3) is 10.6 Å². The van der Waals surface area contributed by atoms with Crippen LogP contribution in [0.5, 0.6) is 0 Å². The van der Waals surface area contributed by atoms with Crippen molar-refractivity contribution < 1.29 is 4.79 Å². The number of amides is 1. The summed E-state index contributed by atoms with van der Waals surface area (Å²) in [5.41, 5.74) is 3.32. The number of nitrogens with zero attached hydrogens (tertiary/aromatic N) is 3.